The molecule has 68 heavy (non-hydrogen) atoms. The van der Waals surface area contributed by atoms with E-state index < -0.39 is 34.8 Å². The van der Waals surface area contributed by atoms with E-state index in [2.05, 4.69) is 20.7 Å². The number of nitrogens with one attached hydrogen (secondary N) is 2. The highest BCUT2D eigenvalue weighted by atomic mass is 35.5. The van der Waals surface area contributed by atoms with Crippen molar-refractivity contribution >= 4 is 47.1 Å². The summed E-state index contributed by atoms with van der Waals surface area (Å²) >= 11 is 6.62. The first-order valence-corrected chi connectivity index (χ1v) is 23.1. The topological polar surface area (TPSA) is 179 Å². The van der Waals surface area contributed by atoms with E-state index in [9.17, 15) is 24.0 Å². The summed E-state index contributed by atoms with van der Waals surface area (Å²) in [6.45, 7) is 16.6. The van der Waals surface area contributed by atoms with Gasteiger partial charge >= 0.3 is 12.1 Å². The number of carbonyl (C=O) groups excluding carboxylic acids is 5. The Labute approximate surface area is 400 Å². The highest BCUT2D eigenvalue weighted by molar-refractivity contribution is 6.34. The van der Waals surface area contributed by atoms with Crippen molar-refractivity contribution in [2.75, 3.05) is 77.9 Å². The van der Waals surface area contributed by atoms with Crippen molar-refractivity contribution in [3.63, 3.8) is 0 Å². The number of likely N-dealkylation sites (tertiary alicyclic amines) is 1. The SMILES string of the molecule is COCCn1cc(-c2ccc(-c3cnc(C(=O)Nc4ccc(C(=O)N5CCN(C(=O)C6CC[N+](CCNC(=O)OC(C)(C)C)(CC(=O)OC(C)(C)C)CC6)CC5)c(Cl)c4)n3C)c(F)c2F)c(C)n1. The lowest BCUT2D eigenvalue weighted by atomic mass is 9.92. The predicted molar refractivity (Wildman–Crippen MR) is 251 cm³/mol. The fourth-order valence-electron chi connectivity index (χ4n) is 8.60. The number of anilines is 1. The number of aromatic nitrogens is 4. The molecule has 0 spiro atoms. The number of nitrogens with zero attached hydrogens (tertiary/aromatic N) is 7. The maximum atomic E-state index is 15.6. The maximum absolute atomic E-state index is 15.6. The van der Waals surface area contributed by atoms with Crippen LogP contribution in [0.25, 0.3) is 22.4 Å². The van der Waals surface area contributed by atoms with Gasteiger partial charge in [-0.2, -0.15) is 5.10 Å². The number of piperidine rings is 1. The highest BCUT2D eigenvalue weighted by Crippen LogP contribution is 2.34. The Morgan fingerprint density at radius 1 is 0.882 bits per heavy atom. The molecule has 6 rings (SSSR count). The van der Waals surface area contributed by atoms with E-state index in [1.54, 1.807) is 55.5 Å². The van der Waals surface area contributed by atoms with E-state index >= 15 is 8.78 Å². The molecule has 368 valence electrons. The molecule has 2 aliphatic heterocycles. The van der Waals surface area contributed by atoms with Crippen LogP contribution in [0, 0.1) is 24.5 Å². The molecule has 0 bridgehead atoms. The van der Waals surface area contributed by atoms with Crippen LogP contribution < -0.4 is 10.6 Å². The van der Waals surface area contributed by atoms with Crippen LogP contribution in [0.2, 0.25) is 5.02 Å². The van der Waals surface area contributed by atoms with Crippen LogP contribution in [0.4, 0.5) is 19.3 Å². The Morgan fingerprint density at radius 3 is 2.15 bits per heavy atom. The minimum Gasteiger partial charge on any atom is -0.456 e. The van der Waals surface area contributed by atoms with Gasteiger partial charge in [0.15, 0.2) is 24.0 Å². The molecular formula is C48H63ClF2N9O8+. The van der Waals surface area contributed by atoms with Gasteiger partial charge in [0.2, 0.25) is 5.91 Å². The van der Waals surface area contributed by atoms with Gasteiger partial charge in [-0.25, -0.2) is 23.4 Å². The second-order valence-corrected chi connectivity index (χ2v) is 19.8. The molecule has 0 saturated carbocycles. The number of rotatable bonds is 14. The number of hydrogen-bond acceptors (Lipinski definition) is 10. The van der Waals surface area contributed by atoms with Gasteiger partial charge in [-0.1, -0.05) is 17.7 Å². The summed E-state index contributed by atoms with van der Waals surface area (Å²) in [5.74, 6) is -3.82. The standard InChI is InChI=1S/C48H62ClF2N9O8/c1-30-36(28-59(55-30)21-25-66-9)33-12-13-35(41(51)40(33)50)38-27-53-42(56(38)8)43(62)54-32-10-11-34(37(49)26-32)45(64)58-19-17-57(18-20-58)44(63)31-14-22-60(23-15-31,29-39(61)67-47(2,3)4)24-16-52-46(65)68-48(5,6)7/h10-13,26-28,31H,14-25,29H2,1-9H3,(H-,52,54,62,64,65)/p+1. The number of alkyl carbamates (subject to hydrolysis) is 1. The van der Waals surface area contributed by atoms with Crippen LogP contribution in [0.1, 0.15) is 81.1 Å². The molecule has 4 amide bonds. The van der Waals surface area contributed by atoms with Crippen molar-refractivity contribution in [1.29, 1.82) is 0 Å². The molecule has 2 fully saturated rings. The zero-order valence-corrected chi connectivity index (χ0v) is 41.1. The monoisotopic (exact) mass is 966 g/mol. The Kier molecular flexibility index (Phi) is 16.0. The van der Waals surface area contributed by atoms with Gasteiger partial charge in [0.25, 0.3) is 11.8 Å². The maximum Gasteiger partial charge on any atom is 0.407 e. The highest BCUT2D eigenvalue weighted by Gasteiger charge is 2.41. The van der Waals surface area contributed by atoms with Crippen LogP contribution in [-0.4, -0.2) is 147 Å². The molecule has 4 heterocycles. The average Bonchev–Trinajstić information content (AvgIpc) is 3.83. The van der Waals surface area contributed by atoms with E-state index in [-0.39, 0.29) is 88.8 Å². The van der Waals surface area contributed by atoms with Crippen molar-refractivity contribution < 1.29 is 51.4 Å². The van der Waals surface area contributed by atoms with Crippen LogP contribution in [0.3, 0.4) is 0 Å². The normalized spacial score (nSPS) is 17.7. The lowest BCUT2D eigenvalue weighted by Crippen LogP contribution is -2.60. The third-order valence-corrected chi connectivity index (χ3v) is 12.4. The van der Waals surface area contributed by atoms with Crippen molar-refractivity contribution in [3.05, 3.63) is 76.5 Å². The Hall–Kier alpha value is -5.92. The number of hydrogen-bond donors (Lipinski definition) is 2. The van der Waals surface area contributed by atoms with Crippen LogP contribution in [0.5, 0.6) is 0 Å². The van der Waals surface area contributed by atoms with Gasteiger partial charge in [-0.15, -0.1) is 0 Å². The van der Waals surface area contributed by atoms with E-state index in [0.717, 1.165) is 0 Å². The first-order valence-electron chi connectivity index (χ1n) is 22.7. The summed E-state index contributed by atoms with van der Waals surface area (Å²) in [5.41, 5.74) is 0.288. The van der Waals surface area contributed by atoms with E-state index in [4.69, 9.17) is 25.8 Å². The van der Waals surface area contributed by atoms with Gasteiger partial charge in [0.1, 0.15) is 11.2 Å². The smallest absolute Gasteiger partial charge is 0.407 e. The molecule has 0 radical (unpaired) electrons. The Morgan fingerprint density at radius 2 is 1.51 bits per heavy atom. The molecule has 2 N–H and O–H groups in total. The van der Waals surface area contributed by atoms with Gasteiger partial charge in [-0.3, -0.25) is 19.1 Å². The third-order valence-electron chi connectivity index (χ3n) is 12.0. The second kappa shape index (κ2) is 21.2. The van der Waals surface area contributed by atoms with Crippen molar-refractivity contribution in [3.8, 4) is 22.4 Å². The first-order chi connectivity index (χ1) is 32.0. The summed E-state index contributed by atoms with van der Waals surface area (Å²) in [7, 11) is 3.08. The number of ether oxygens (including phenoxy) is 3. The zero-order chi connectivity index (χ0) is 49.7. The zero-order valence-electron chi connectivity index (χ0n) is 40.3. The molecular weight excluding hydrogens is 904 g/mol. The number of halogens is 3. The number of carbonyl (C=O) groups is 5. The fraction of sp³-hybridized carbons (Fsp3) is 0.521. The van der Waals surface area contributed by atoms with Crippen LogP contribution in [0.15, 0.2) is 42.7 Å². The minimum atomic E-state index is -1.10. The summed E-state index contributed by atoms with van der Waals surface area (Å²) in [5, 5.41) is 9.98. The first kappa shape index (κ1) is 51.5. The van der Waals surface area contributed by atoms with E-state index in [1.807, 2.05) is 20.8 Å². The third kappa shape index (κ3) is 12.6. The Bertz CT molecular complexity index is 2520. The van der Waals surface area contributed by atoms with Gasteiger partial charge in [0.05, 0.1) is 67.5 Å². The lowest BCUT2D eigenvalue weighted by Gasteiger charge is -2.44. The average molecular weight is 968 g/mol. The number of quaternary nitrogens is 1. The number of piperazine rings is 1. The predicted octanol–water partition coefficient (Wildman–Crippen LogP) is 6.47. The van der Waals surface area contributed by atoms with E-state index in [1.165, 1.54) is 48.1 Å². The van der Waals surface area contributed by atoms with Crippen molar-refractivity contribution in [2.45, 2.75) is 79.1 Å². The quantitative estimate of drug-likeness (QED) is 0.105. The second-order valence-electron chi connectivity index (χ2n) is 19.4. The number of benzene rings is 2. The molecule has 2 aromatic carbocycles. The minimum absolute atomic E-state index is 0.000689. The summed E-state index contributed by atoms with van der Waals surface area (Å²) in [6.07, 6.45) is 3.48. The lowest BCUT2D eigenvalue weighted by molar-refractivity contribution is -0.925. The van der Waals surface area contributed by atoms with Gasteiger partial charge < -0.3 is 43.7 Å². The summed E-state index contributed by atoms with van der Waals surface area (Å²) < 4.78 is 50.7. The number of esters is 1. The number of methoxy groups -OCH3 is 1. The van der Waals surface area contributed by atoms with Crippen molar-refractivity contribution in [1.82, 2.24) is 34.4 Å². The molecule has 0 unspecified atom stereocenters. The van der Waals surface area contributed by atoms with Crippen LogP contribution >= 0.6 is 11.6 Å². The summed E-state index contributed by atoms with van der Waals surface area (Å²) in [6, 6.07) is 7.39. The molecule has 2 aliphatic rings. The summed E-state index contributed by atoms with van der Waals surface area (Å²) in [4.78, 5) is 73.9. The molecule has 4 aromatic rings. The molecule has 20 heteroatoms. The number of amides is 4. The van der Waals surface area contributed by atoms with Gasteiger partial charge in [-0.05, 0) is 72.7 Å². The van der Waals surface area contributed by atoms with E-state index in [0.29, 0.717) is 74.5 Å². The largest absolute Gasteiger partial charge is 0.456 e. The Balaban J connectivity index is 1.02. The fourth-order valence-corrected chi connectivity index (χ4v) is 8.86. The molecule has 0 aliphatic carbocycles. The number of imidazole rings is 1. The molecule has 2 saturated heterocycles. The van der Waals surface area contributed by atoms with Crippen LogP contribution in [-0.2, 0) is 37.4 Å². The van der Waals surface area contributed by atoms with Gasteiger partial charge in [0, 0.05) is 87.7 Å². The molecule has 2 aromatic heterocycles. The molecule has 17 nitrogen and oxygen atoms in total. The number of aryl methyl sites for hydroxylation is 1. The molecule has 0 atom stereocenters. The van der Waals surface area contributed by atoms with Crippen molar-refractivity contribution in [2.24, 2.45) is 13.0 Å².